The molecule has 4 rings (SSSR count). The molecule has 1 amide bonds. The fourth-order valence-corrected chi connectivity index (χ4v) is 4.71. The van der Waals surface area contributed by atoms with Crippen molar-refractivity contribution < 1.29 is 4.79 Å². The molecule has 0 bridgehead atoms. The number of aryl methyl sites for hydroxylation is 2. The van der Waals surface area contributed by atoms with Crippen LogP contribution in [-0.4, -0.2) is 15.2 Å². The molecule has 3 aromatic rings. The van der Waals surface area contributed by atoms with Crippen molar-refractivity contribution in [3.63, 3.8) is 0 Å². The van der Waals surface area contributed by atoms with Crippen LogP contribution in [0.3, 0.4) is 0 Å². The van der Waals surface area contributed by atoms with Gasteiger partial charge in [0.1, 0.15) is 9.35 Å². The molecule has 6 heteroatoms. The third kappa shape index (κ3) is 3.93. The number of carbonyl (C=O) groups is 1. The first-order valence-electron chi connectivity index (χ1n) is 8.39. The number of rotatable bonds is 3. The molecule has 1 aromatic heterocycles. The molecule has 1 N–H and O–H groups in total. The van der Waals surface area contributed by atoms with Crippen LogP contribution in [-0.2, 0) is 4.79 Å². The number of amides is 1. The van der Waals surface area contributed by atoms with Crippen LogP contribution in [0.4, 0.5) is 0 Å². The highest BCUT2D eigenvalue weighted by molar-refractivity contribution is 8.26. The molecule has 1 aliphatic rings. The molecule has 0 atom stereocenters. The second-order valence-corrected chi connectivity index (χ2v) is 9.08. The van der Waals surface area contributed by atoms with Gasteiger partial charge in [0.2, 0.25) is 0 Å². The van der Waals surface area contributed by atoms with Crippen LogP contribution < -0.4 is 5.32 Å². The lowest BCUT2D eigenvalue weighted by Gasteiger charge is -2.10. The van der Waals surface area contributed by atoms with Gasteiger partial charge in [-0.05, 0) is 43.7 Å². The average molecular weight is 409 g/mol. The van der Waals surface area contributed by atoms with E-state index >= 15 is 0 Å². The highest BCUT2D eigenvalue weighted by Gasteiger charge is 2.23. The predicted molar refractivity (Wildman–Crippen MR) is 118 cm³/mol. The number of para-hydroxylation sites is 1. The van der Waals surface area contributed by atoms with E-state index in [1.54, 1.807) is 11.8 Å². The van der Waals surface area contributed by atoms with Gasteiger partial charge in [0.25, 0.3) is 5.91 Å². The number of carbonyl (C=O) groups excluding carboxylic acids is 1. The third-order valence-corrected chi connectivity index (χ3v) is 6.40. The van der Waals surface area contributed by atoms with Gasteiger partial charge in [-0.2, -0.15) is 0 Å². The van der Waals surface area contributed by atoms with Crippen molar-refractivity contribution in [1.82, 2.24) is 10.3 Å². The molecule has 1 fully saturated rings. The Balaban J connectivity index is 1.84. The van der Waals surface area contributed by atoms with E-state index in [4.69, 9.17) is 17.2 Å². The second-order valence-electron chi connectivity index (χ2n) is 6.30. The van der Waals surface area contributed by atoms with Gasteiger partial charge in [-0.3, -0.25) is 4.79 Å². The predicted octanol–water partition coefficient (Wildman–Crippen LogP) is 5.49. The highest BCUT2D eigenvalue weighted by Crippen LogP contribution is 2.35. The van der Waals surface area contributed by atoms with Crippen LogP contribution in [0.15, 0.2) is 63.4 Å². The summed E-state index contributed by atoms with van der Waals surface area (Å²) in [5.74, 6) is -0.152. The zero-order valence-electron chi connectivity index (χ0n) is 14.8. The van der Waals surface area contributed by atoms with Crippen LogP contribution in [0.5, 0.6) is 0 Å². The molecule has 0 unspecified atom stereocenters. The summed E-state index contributed by atoms with van der Waals surface area (Å²) >= 11 is 7.99. The monoisotopic (exact) mass is 408 g/mol. The van der Waals surface area contributed by atoms with Crippen molar-refractivity contribution in [2.24, 2.45) is 0 Å². The number of hydrogen-bond donors (Lipinski definition) is 1. The largest absolute Gasteiger partial charge is 0.307 e. The molecule has 0 radical (unpaired) electrons. The minimum atomic E-state index is -0.152. The van der Waals surface area contributed by atoms with Crippen molar-refractivity contribution in [3.8, 4) is 0 Å². The van der Waals surface area contributed by atoms with E-state index in [9.17, 15) is 4.79 Å². The zero-order valence-corrected chi connectivity index (χ0v) is 17.2. The van der Waals surface area contributed by atoms with Crippen LogP contribution >= 0.6 is 35.7 Å². The van der Waals surface area contributed by atoms with E-state index in [0.717, 1.165) is 32.0 Å². The Bertz CT molecular complexity index is 1100. The van der Waals surface area contributed by atoms with E-state index in [2.05, 4.69) is 55.6 Å². The molecule has 2 aromatic carbocycles. The van der Waals surface area contributed by atoms with Crippen LogP contribution in [0.25, 0.3) is 17.0 Å². The SMILES string of the molecule is Cc1ccc(Sc2nc3c(C)cccc3cc2C=C2SC(=S)NC2=O)cc1. The smallest absolute Gasteiger partial charge is 0.263 e. The molecule has 1 aliphatic heterocycles. The number of thioether (sulfide) groups is 1. The Morgan fingerprint density at radius 2 is 1.93 bits per heavy atom. The topological polar surface area (TPSA) is 42.0 Å². The Hall–Kier alpha value is -2.15. The molecular weight excluding hydrogens is 392 g/mol. The summed E-state index contributed by atoms with van der Waals surface area (Å²) in [6, 6.07) is 16.6. The molecule has 27 heavy (non-hydrogen) atoms. The Labute approximate surface area is 171 Å². The first kappa shape index (κ1) is 18.2. The van der Waals surface area contributed by atoms with Crippen molar-refractivity contribution >= 4 is 62.9 Å². The molecular formula is C21H16N2OS3. The average Bonchev–Trinajstić information content (AvgIpc) is 2.95. The standard InChI is InChI=1S/C21H16N2OS3/c1-12-6-8-16(9-7-12)26-20-15(11-17-19(24)23-21(25)27-17)10-14-5-3-4-13(2)18(14)22-20/h3-11H,1-2H3,(H,23,24,25). The number of nitrogens with zero attached hydrogens (tertiary/aromatic N) is 1. The van der Waals surface area contributed by atoms with Gasteiger partial charge >= 0.3 is 0 Å². The third-order valence-electron chi connectivity index (χ3n) is 4.20. The Kier molecular flexibility index (Phi) is 5.04. The molecule has 3 nitrogen and oxygen atoms in total. The zero-order chi connectivity index (χ0) is 19.0. The summed E-state index contributed by atoms with van der Waals surface area (Å²) in [6.07, 6.45) is 1.88. The first-order valence-corrected chi connectivity index (χ1v) is 10.4. The van der Waals surface area contributed by atoms with Crippen molar-refractivity contribution in [1.29, 1.82) is 0 Å². The van der Waals surface area contributed by atoms with Crippen molar-refractivity contribution in [3.05, 3.63) is 70.1 Å². The van der Waals surface area contributed by atoms with E-state index in [1.807, 2.05) is 18.2 Å². The van der Waals surface area contributed by atoms with E-state index in [0.29, 0.717) is 9.23 Å². The quantitative estimate of drug-likeness (QED) is 0.458. The summed E-state index contributed by atoms with van der Waals surface area (Å²) in [7, 11) is 0. The van der Waals surface area contributed by atoms with Crippen molar-refractivity contribution in [2.45, 2.75) is 23.8 Å². The number of aromatic nitrogens is 1. The fourth-order valence-electron chi connectivity index (χ4n) is 2.81. The van der Waals surface area contributed by atoms with Gasteiger partial charge in [0.15, 0.2) is 0 Å². The molecule has 1 saturated heterocycles. The summed E-state index contributed by atoms with van der Waals surface area (Å²) in [5.41, 5.74) is 4.25. The van der Waals surface area contributed by atoms with Gasteiger partial charge in [-0.1, -0.05) is 71.6 Å². The molecule has 0 spiro atoms. The molecule has 0 saturated carbocycles. The number of hydrogen-bond acceptors (Lipinski definition) is 5. The van der Waals surface area contributed by atoms with Gasteiger partial charge in [-0.15, -0.1) is 0 Å². The maximum atomic E-state index is 12.1. The van der Waals surface area contributed by atoms with E-state index in [1.165, 1.54) is 17.3 Å². The van der Waals surface area contributed by atoms with Crippen LogP contribution in [0, 0.1) is 13.8 Å². The normalized spacial score (nSPS) is 15.6. The van der Waals surface area contributed by atoms with Crippen LogP contribution in [0.1, 0.15) is 16.7 Å². The summed E-state index contributed by atoms with van der Waals surface area (Å²) < 4.78 is 0.489. The second kappa shape index (κ2) is 7.46. The lowest BCUT2D eigenvalue weighted by Crippen LogP contribution is -2.17. The molecule has 0 aliphatic carbocycles. The number of thiocarbonyl (C=S) groups is 1. The minimum absolute atomic E-state index is 0.152. The van der Waals surface area contributed by atoms with Gasteiger partial charge < -0.3 is 5.32 Å². The maximum Gasteiger partial charge on any atom is 0.263 e. The number of fused-ring (bicyclic) bond motifs is 1. The maximum absolute atomic E-state index is 12.1. The van der Waals surface area contributed by atoms with Gasteiger partial charge in [0, 0.05) is 15.8 Å². The fraction of sp³-hybridized carbons (Fsp3) is 0.0952. The molecule has 2 heterocycles. The summed E-state index contributed by atoms with van der Waals surface area (Å²) in [5, 5.41) is 4.60. The lowest BCUT2D eigenvalue weighted by atomic mass is 10.1. The number of nitrogens with one attached hydrogen (secondary N) is 1. The van der Waals surface area contributed by atoms with Gasteiger partial charge in [-0.25, -0.2) is 4.98 Å². The summed E-state index contributed by atoms with van der Waals surface area (Å²) in [6.45, 7) is 4.13. The minimum Gasteiger partial charge on any atom is -0.307 e. The van der Waals surface area contributed by atoms with E-state index < -0.39 is 0 Å². The van der Waals surface area contributed by atoms with E-state index in [-0.39, 0.29) is 5.91 Å². The number of pyridine rings is 1. The lowest BCUT2D eigenvalue weighted by molar-refractivity contribution is -0.115. The molecule has 134 valence electrons. The highest BCUT2D eigenvalue weighted by atomic mass is 32.2. The van der Waals surface area contributed by atoms with Crippen molar-refractivity contribution in [2.75, 3.05) is 0 Å². The number of benzene rings is 2. The first-order chi connectivity index (χ1) is 13.0. The Morgan fingerprint density at radius 1 is 1.15 bits per heavy atom. The summed E-state index contributed by atoms with van der Waals surface area (Å²) in [4.78, 5) is 18.7. The Morgan fingerprint density at radius 3 is 2.63 bits per heavy atom. The van der Waals surface area contributed by atoms with Gasteiger partial charge in [0.05, 0.1) is 10.4 Å². The van der Waals surface area contributed by atoms with Crippen LogP contribution in [0.2, 0.25) is 0 Å².